The highest BCUT2D eigenvalue weighted by molar-refractivity contribution is 7.80. The molecule has 0 spiro atoms. The molecule has 6 nitrogen and oxygen atoms in total. The van der Waals surface area contributed by atoms with Crippen molar-refractivity contribution in [3.63, 3.8) is 0 Å². The Morgan fingerprint density at radius 2 is 2.04 bits per heavy atom. The molecule has 1 aromatic rings. The third-order valence-electron chi connectivity index (χ3n) is 3.89. The van der Waals surface area contributed by atoms with Gasteiger partial charge in [0, 0.05) is 18.8 Å². The summed E-state index contributed by atoms with van der Waals surface area (Å²) < 4.78 is 9.77. The zero-order valence-corrected chi connectivity index (χ0v) is 14.7. The molecule has 1 aromatic carbocycles. The van der Waals surface area contributed by atoms with E-state index in [4.69, 9.17) is 17.0 Å². The van der Waals surface area contributed by atoms with Gasteiger partial charge in [-0.1, -0.05) is 0 Å². The Kier molecular flexibility index (Phi) is 6.54. The Hall–Kier alpha value is -2.15. The third-order valence-corrected chi connectivity index (χ3v) is 4.25. The van der Waals surface area contributed by atoms with Crippen LogP contribution in [0.25, 0.3) is 0 Å². The monoisotopic (exact) mass is 350 g/mol. The minimum atomic E-state index is -0.377. The highest BCUT2D eigenvalue weighted by atomic mass is 32.1. The smallest absolute Gasteiger partial charge is 0.337 e. The molecule has 2 rings (SSSR count). The quantitative estimate of drug-likeness (QED) is 0.661. The van der Waals surface area contributed by atoms with E-state index in [-0.39, 0.29) is 17.9 Å². The molecule has 0 radical (unpaired) electrons. The number of benzene rings is 1. The van der Waals surface area contributed by atoms with Gasteiger partial charge in [0.25, 0.3) is 0 Å². The first-order valence-corrected chi connectivity index (χ1v) is 8.37. The number of ether oxygens (including phenoxy) is 2. The average Bonchev–Trinajstić information content (AvgIpc) is 2.62. The zero-order chi connectivity index (χ0) is 17.5. The van der Waals surface area contributed by atoms with Crippen LogP contribution in [0.1, 0.15) is 30.1 Å². The van der Waals surface area contributed by atoms with Crippen molar-refractivity contribution in [2.75, 3.05) is 32.1 Å². The van der Waals surface area contributed by atoms with Crippen molar-refractivity contribution in [3.05, 3.63) is 29.8 Å². The molecule has 0 amide bonds. The summed E-state index contributed by atoms with van der Waals surface area (Å²) >= 11 is 5.44. The Labute approximate surface area is 147 Å². The van der Waals surface area contributed by atoms with Gasteiger partial charge in [-0.15, -0.1) is 0 Å². The van der Waals surface area contributed by atoms with Crippen molar-refractivity contribution in [1.82, 2.24) is 4.90 Å². The van der Waals surface area contributed by atoms with Crippen LogP contribution in [0.15, 0.2) is 24.3 Å². The van der Waals surface area contributed by atoms with Crippen LogP contribution in [0.4, 0.5) is 5.69 Å². The van der Waals surface area contributed by atoms with E-state index in [0.717, 1.165) is 25.1 Å². The standard InChI is InChI=1S/C17H22N2O4S/c1-3-23-16(21)13-5-4-10-19(11-13)17(24)18-14-8-6-12(7-9-14)15(20)22-2/h6-9,13H,3-5,10-11H2,1-2H3,(H,18,24). The number of anilines is 1. The number of thiocarbonyl (C=S) groups is 1. The molecule has 0 bridgehead atoms. The van der Waals surface area contributed by atoms with Crippen molar-refractivity contribution in [2.24, 2.45) is 5.92 Å². The molecule has 1 heterocycles. The molecular weight excluding hydrogens is 328 g/mol. The van der Waals surface area contributed by atoms with Crippen LogP contribution in [-0.2, 0) is 14.3 Å². The fraction of sp³-hybridized carbons (Fsp3) is 0.471. The first-order chi connectivity index (χ1) is 11.5. The van der Waals surface area contributed by atoms with Crippen LogP contribution in [0, 0.1) is 5.92 Å². The maximum Gasteiger partial charge on any atom is 0.337 e. The van der Waals surface area contributed by atoms with Gasteiger partial charge in [0.2, 0.25) is 0 Å². The Balaban J connectivity index is 1.94. The fourth-order valence-corrected chi connectivity index (χ4v) is 2.91. The maximum atomic E-state index is 11.9. The number of rotatable bonds is 4. The van der Waals surface area contributed by atoms with Crippen LogP contribution in [0.5, 0.6) is 0 Å². The van der Waals surface area contributed by atoms with E-state index < -0.39 is 0 Å². The lowest BCUT2D eigenvalue weighted by Gasteiger charge is -2.33. The molecule has 1 fully saturated rings. The number of methoxy groups -OCH3 is 1. The van der Waals surface area contributed by atoms with Crippen molar-refractivity contribution in [1.29, 1.82) is 0 Å². The molecule has 1 unspecified atom stereocenters. The van der Waals surface area contributed by atoms with Crippen molar-refractivity contribution < 1.29 is 19.1 Å². The summed E-state index contributed by atoms with van der Waals surface area (Å²) in [6.07, 6.45) is 1.72. The first-order valence-electron chi connectivity index (χ1n) is 7.96. The first kappa shape index (κ1) is 18.2. The largest absolute Gasteiger partial charge is 0.466 e. The minimum absolute atomic E-state index is 0.139. The Bertz CT molecular complexity index is 603. The van der Waals surface area contributed by atoms with Gasteiger partial charge in [0.15, 0.2) is 5.11 Å². The summed E-state index contributed by atoms with van der Waals surface area (Å²) in [6.45, 7) is 3.57. The molecule has 24 heavy (non-hydrogen) atoms. The number of esters is 2. The minimum Gasteiger partial charge on any atom is -0.466 e. The van der Waals surface area contributed by atoms with Crippen LogP contribution >= 0.6 is 12.2 Å². The number of nitrogens with one attached hydrogen (secondary N) is 1. The summed E-state index contributed by atoms with van der Waals surface area (Å²) in [4.78, 5) is 25.3. The Morgan fingerprint density at radius 3 is 2.67 bits per heavy atom. The number of piperidine rings is 1. The summed E-state index contributed by atoms with van der Waals surface area (Å²) in [5.41, 5.74) is 1.26. The second-order valence-corrected chi connectivity index (χ2v) is 5.92. The molecule has 0 aromatic heterocycles. The molecule has 1 aliphatic heterocycles. The van der Waals surface area contributed by atoms with E-state index in [9.17, 15) is 9.59 Å². The molecule has 7 heteroatoms. The van der Waals surface area contributed by atoms with Gasteiger partial charge in [-0.2, -0.15) is 0 Å². The SMILES string of the molecule is CCOC(=O)C1CCCN(C(=S)Nc2ccc(C(=O)OC)cc2)C1. The van der Waals surface area contributed by atoms with Crippen molar-refractivity contribution in [3.8, 4) is 0 Å². The molecule has 130 valence electrons. The van der Waals surface area contributed by atoms with Gasteiger partial charge in [0.05, 0.1) is 25.2 Å². The zero-order valence-electron chi connectivity index (χ0n) is 13.9. The second kappa shape index (κ2) is 8.63. The lowest BCUT2D eigenvalue weighted by atomic mass is 9.98. The lowest BCUT2D eigenvalue weighted by Crippen LogP contribution is -2.44. The topological polar surface area (TPSA) is 67.9 Å². The van der Waals surface area contributed by atoms with Gasteiger partial charge in [-0.25, -0.2) is 4.79 Å². The fourth-order valence-electron chi connectivity index (χ4n) is 2.62. The van der Waals surface area contributed by atoms with Crippen LogP contribution in [0.3, 0.4) is 0 Å². The predicted molar refractivity (Wildman–Crippen MR) is 94.9 cm³/mol. The summed E-state index contributed by atoms with van der Waals surface area (Å²) in [6, 6.07) is 6.89. The number of nitrogens with zero attached hydrogens (tertiary/aromatic N) is 1. The molecule has 0 saturated carbocycles. The second-order valence-electron chi connectivity index (χ2n) is 5.54. The van der Waals surface area contributed by atoms with E-state index in [2.05, 4.69) is 10.1 Å². The normalized spacial score (nSPS) is 17.1. The molecule has 1 atom stereocenters. The van der Waals surface area contributed by atoms with E-state index in [1.807, 2.05) is 11.8 Å². The number of hydrogen-bond acceptors (Lipinski definition) is 5. The van der Waals surface area contributed by atoms with Crippen LogP contribution in [-0.4, -0.2) is 48.8 Å². The highest BCUT2D eigenvalue weighted by Gasteiger charge is 2.28. The average molecular weight is 350 g/mol. The summed E-state index contributed by atoms with van der Waals surface area (Å²) in [5, 5.41) is 3.71. The van der Waals surface area contributed by atoms with E-state index in [0.29, 0.717) is 23.8 Å². The van der Waals surface area contributed by atoms with Gasteiger partial charge in [-0.3, -0.25) is 4.79 Å². The number of hydrogen-bond donors (Lipinski definition) is 1. The number of carbonyl (C=O) groups excluding carboxylic acids is 2. The van der Waals surface area contributed by atoms with Crippen molar-refractivity contribution >= 4 is 35.0 Å². The molecular formula is C17H22N2O4S. The molecule has 1 saturated heterocycles. The summed E-state index contributed by atoms with van der Waals surface area (Å²) in [5.74, 6) is -0.676. The van der Waals surface area contributed by atoms with E-state index in [1.54, 1.807) is 24.3 Å². The predicted octanol–water partition coefficient (Wildman–Crippen LogP) is 2.45. The van der Waals surface area contributed by atoms with Gasteiger partial charge in [0.1, 0.15) is 0 Å². The van der Waals surface area contributed by atoms with Gasteiger partial charge < -0.3 is 19.7 Å². The van der Waals surface area contributed by atoms with Gasteiger partial charge in [-0.05, 0) is 56.2 Å². The maximum absolute atomic E-state index is 11.9. The number of likely N-dealkylation sites (tertiary alicyclic amines) is 1. The molecule has 1 N–H and O–H groups in total. The van der Waals surface area contributed by atoms with Crippen LogP contribution in [0.2, 0.25) is 0 Å². The summed E-state index contributed by atoms with van der Waals surface area (Å²) in [7, 11) is 1.35. The molecule has 0 aliphatic carbocycles. The third kappa shape index (κ3) is 4.67. The van der Waals surface area contributed by atoms with Crippen molar-refractivity contribution in [2.45, 2.75) is 19.8 Å². The number of carbonyl (C=O) groups is 2. The van der Waals surface area contributed by atoms with Crippen LogP contribution < -0.4 is 5.32 Å². The van der Waals surface area contributed by atoms with E-state index >= 15 is 0 Å². The molecule has 1 aliphatic rings. The Morgan fingerprint density at radius 1 is 1.33 bits per heavy atom. The van der Waals surface area contributed by atoms with E-state index in [1.165, 1.54) is 7.11 Å². The highest BCUT2D eigenvalue weighted by Crippen LogP contribution is 2.19. The van der Waals surface area contributed by atoms with Gasteiger partial charge >= 0.3 is 11.9 Å². The lowest BCUT2D eigenvalue weighted by molar-refractivity contribution is -0.149.